The molecule has 0 unspecified atom stereocenters. The van der Waals surface area contributed by atoms with Crippen LogP contribution in [0.15, 0.2) is 4.99 Å². The number of piperazine rings is 1. The molecule has 2 N–H and O–H groups in total. The van der Waals surface area contributed by atoms with Gasteiger partial charge in [0.05, 0.1) is 0 Å². The molecule has 0 radical (unpaired) electrons. The highest BCUT2D eigenvalue weighted by molar-refractivity contribution is 5.79. The molecule has 0 aromatic rings. The van der Waals surface area contributed by atoms with Crippen LogP contribution in [0.2, 0.25) is 0 Å². The largest absolute Gasteiger partial charge is 0.385 e. The van der Waals surface area contributed by atoms with E-state index in [1.807, 2.05) is 7.05 Å². The molecule has 1 aliphatic heterocycles. The van der Waals surface area contributed by atoms with Crippen LogP contribution in [-0.4, -0.2) is 89.4 Å². The summed E-state index contributed by atoms with van der Waals surface area (Å²) in [5, 5.41) is 6.65. The molecule has 0 aliphatic carbocycles. The van der Waals surface area contributed by atoms with Gasteiger partial charge in [-0.2, -0.15) is 0 Å². The molecular formula is C15H33N5O. The van der Waals surface area contributed by atoms with Crippen LogP contribution in [0.25, 0.3) is 0 Å². The van der Waals surface area contributed by atoms with Crippen molar-refractivity contribution in [1.29, 1.82) is 0 Å². The summed E-state index contributed by atoms with van der Waals surface area (Å²) in [5.41, 5.74) is 0. The third-order valence-corrected chi connectivity index (χ3v) is 3.83. The lowest BCUT2D eigenvalue weighted by Gasteiger charge is -2.32. The van der Waals surface area contributed by atoms with Crippen molar-refractivity contribution >= 4 is 5.96 Å². The summed E-state index contributed by atoms with van der Waals surface area (Å²) in [6.45, 7) is 8.72. The Hall–Kier alpha value is -0.850. The minimum absolute atomic E-state index is 0.787. The topological polar surface area (TPSA) is 52.1 Å². The van der Waals surface area contributed by atoms with Gasteiger partial charge in [-0.05, 0) is 32.9 Å². The number of nitrogens with zero attached hydrogens (tertiary/aromatic N) is 3. The molecule has 0 aromatic heterocycles. The average molecular weight is 299 g/mol. The first-order chi connectivity index (χ1) is 10.3. The summed E-state index contributed by atoms with van der Waals surface area (Å²) in [4.78, 5) is 9.19. The first kappa shape index (κ1) is 18.2. The number of ether oxygens (including phenoxy) is 1. The number of rotatable bonds is 9. The molecule has 0 aromatic carbocycles. The molecule has 0 atom stereocenters. The average Bonchev–Trinajstić information content (AvgIpc) is 2.51. The van der Waals surface area contributed by atoms with Crippen LogP contribution < -0.4 is 10.6 Å². The zero-order valence-corrected chi connectivity index (χ0v) is 14.0. The molecule has 1 aliphatic rings. The van der Waals surface area contributed by atoms with Gasteiger partial charge in [-0.25, -0.2) is 0 Å². The number of likely N-dealkylation sites (N-methyl/N-ethyl adjacent to an activating group) is 1. The van der Waals surface area contributed by atoms with Gasteiger partial charge < -0.3 is 25.2 Å². The van der Waals surface area contributed by atoms with Gasteiger partial charge in [-0.1, -0.05) is 0 Å². The van der Waals surface area contributed by atoms with E-state index in [9.17, 15) is 0 Å². The van der Waals surface area contributed by atoms with E-state index in [1.165, 1.54) is 45.6 Å². The van der Waals surface area contributed by atoms with Crippen LogP contribution in [0.1, 0.15) is 19.3 Å². The van der Waals surface area contributed by atoms with Crippen molar-refractivity contribution < 1.29 is 4.74 Å². The minimum atomic E-state index is 0.787. The van der Waals surface area contributed by atoms with E-state index in [1.54, 1.807) is 7.11 Å². The number of hydrogen-bond donors (Lipinski definition) is 2. The third-order valence-electron chi connectivity index (χ3n) is 3.83. The van der Waals surface area contributed by atoms with Gasteiger partial charge in [0, 0.05) is 60.0 Å². The predicted octanol–water partition coefficient (Wildman–Crippen LogP) is 0.216. The van der Waals surface area contributed by atoms with E-state index < -0.39 is 0 Å². The Morgan fingerprint density at radius 1 is 1.05 bits per heavy atom. The van der Waals surface area contributed by atoms with Gasteiger partial charge in [0.15, 0.2) is 5.96 Å². The SMILES string of the molecule is CN=C(NCCCCN1CCN(C)CC1)NCCCOC. The monoisotopic (exact) mass is 299 g/mol. The summed E-state index contributed by atoms with van der Waals surface area (Å²) in [7, 11) is 5.75. The van der Waals surface area contributed by atoms with Crippen molar-refractivity contribution in [3.8, 4) is 0 Å². The zero-order chi connectivity index (χ0) is 15.3. The van der Waals surface area contributed by atoms with E-state index in [0.717, 1.165) is 32.1 Å². The van der Waals surface area contributed by atoms with Crippen molar-refractivity contribution in [3.05, 3.63) is 0 Å². The fraction of sp³-hybridized carbons (Fsp3) is 0.933. The fourth-order valence-electron chi connectivity index (χ4n) is 2.38. The minimum Gasteiger partial charge on any atom is -0.385 e. The molecule has 124 valence electrons. The summed E-state index contributed by atoms with van der Waals surface area (Å²) in [6, 6.07) is 0. The smallest absolute Gasteiger partial charge is 0.190 e. The van der Waals surface area contributed by atoms with E-state index in [-0.39, 0.29) is 0 Å². The van der Waals surface area contributed by atoms with Crippen LogP contribution in [0, 0.1) is 0 Å². The molecular weight excluding hydrogens is 266 g/mol. The second-order valence-electron chi connectivity index (χ2n) is 5.62. The van der Waals surface area contributed by atoms with Gasteiger partial charge in [0.2, 0.25) is 0 Å². The number of methoxy groups -OCH3 is 1. The maximum Gasteiger partial charge on any atom is 0.190 e. The quantitative estimate of drug-likeness (QED) is 0.362. The highest BCUT2D eigenvalue weighted by Gasteiger charge is 2.12. The Bertz CT molecular complexity index is 277. The standard InChI is InChI=1S/C15H33N5O/c1-16-15(18-8-6-14-21-3)17-7-4-5-9-20-12-10-19(2)11-13-20/h4-14H2,1-3H3,(H2,16,17,18). The first-order valence-electron chi connectivity index (χ1n) is 8.10. The second-order valence-corrected chi connectivity index (χ2v) is 5.62. The van der Waals surface area contributed by atoms with E-state index in [0.29, 0.717) is 0 Å². The maximum atomic E-state index is 5.03. The lowest BCUT2D eigenvalue weighted by atomic mass is 10.2. The Balaban J connectivity index is 1.97. The van der Waals surface area contributed by atoms with E-state index in [4.69, 9.17) is 4.74 Å². The highest BCUT2D eigenvalue weighted by atomic mass is 16.5. The van der Waals surface area contributed by atoms with Crippen molar-refractivity contribution in [2.75, 3.05) is 73.6 Å². The molecule has 1 saturated heterocycles. The van der Waals surface area contributed by atoms with Crippen LogP contribution in [0.5, 0.6) is 0 Å². The number of nitrogens with one attached hydrogen (secondary N) is 2. The Morgan fingerprint density at radius 2 is 1.71 bits per heavy atom. The van der Waals surface area contributed by atoms with E-state index >= 15 is 0 Å². The molecule has 0 spiro atoms. The molecule has 6 heteroatoms. The molecule has 0 bridgehead atoms. The number of hydrogen-bond acceptors (Lipinski definition) is 4. The van der Waals surface area contributed by atoms with E-state index in [2.05, 4.69) is 32.5 Å². The summed E-state index contributed by atoms with van der Waals surface area (Å²) < 4.78 is 5.03. The van der Waals surface area contributed by atoms with Crippen molar-refractivity contribution in [2.24, 2.45) is 4.99 Å². The molecule has 21 heavy (non-hydrogen) atoms. The predicted molar refractivity (Wildman–Crippen MR) is 89.0 cm³/mol. The highest BCUT2D eigenvalue weighted by Crippen LogP contribution is 2.01. The normalized spacial score (nSPS) is 18.0. The Morgan fingerprint density at radius 3 is 2.33 bits per heavy atom. The summed E-state index contributed by atoms with van der Waals surface area (Å²) in [5.74, 6) is 0.894. The van der Waals surface area contributed by atoms with Gasteiger partial charge in [-0.3, -0.25) is 4.99 Å². The summed E-state index contributed by atoms with van der Waals surface area (Å²) in [6.07, 6.45) is 3.43. The molecule has 1 heterocycles. The maximum absolute atomic E-state index is 5.03. The number of guanidine groups is 1. The van der Waals surface area contributed by atoms with Gasteiger partial charge >= 0.3 is 0 Å². The fourth-order valence-corrected chi connectivity index (χ4v) is 2.38. The van der Waals surface area contributed by atoms with Crippen LogP contribution in [0.4, 0.5) is 0 Å². The second kappa shape index (κ2) is 11.8. The molecule has 6 nitrogen and oxygen atoms in total. The Labute approximate surface area is 129 Å². The van der Waals surface area contributed by atoms with Gasteiger partial charge in [0.1, 0.15) is 0 Å². The van der Waals surface area contributed by atoms with Crippen molar-refractivity contribution in [2.45, 2.75) is 19.3 Å². The molecule has 0 saturated carbocycles. The van der Waals surface area contributed by atoms with Crippen LogP contribution in [0.3, 0.4) is 0 Å². The lowest BCUT2D eigenvalue weighted by molar-refractivity contribution is 0.152. The molecule has 1 fully saturated rings. The van der Waals surface area contributed by atoms with Crippen LogP contribution in [-0.2, 0) is 4.74 Å². The third kappa shape index (κ3) is 8.90. The van der Waals surface area contributed by atoms with Crippen LogP contribution >= 0.6 is 0 Å². The number of unbranched alkanes of at least 4 members (excludes halogenated alkanes) is 1. The lowest BCUT2D eigenvalue weighted by Crippen LogP contribution is -2.44. The number of aliphatic imine (C=N–C) groups is 1. The van der Waals surface area contributed by atoms with Crippen molar-refractivity contribution in [3.63, 3.8) is 0 Å². The zero-order valence-electron chi connectivity index (χ0n) is 14.0. The molecule has 0 amide bonds. The van der Waals surface area contributed by atoms with Crippen molar-refractivity contribution in [1.82, 2.24) is 20.4 Å². The van der Waals surface area contributed by atoms with Gasteiger partial charge in [-0.15, -0.1) is 0 Å². The summed E-state index contributed by atoms with van der Waals surface area (Å²) >= 11 is 0. The molecule has 1 rings (SSSR count). The Kier molecular flexibility index (Phi) is 10.2. The van der Waals surface area contributed by atoms with Gasteiger partial charge in [0.25, 0.3) is 0 Å². The first-order valence-corrected chi connectivity index (χ1v) is 8.10.